The number of hydrogen-bond acceptors (Lipinski definition) is 3. The molecule has 0 saturated carbocycles. The molecule has 0 spiro atoms. The molecule has 0 aliphatic rings. The average molecular weight is 272 g/mol. The number of aryl methyl sites for hydroxylation is 1. The van der Waals surface area contributed by atoms with Crippen molar-refractivity contribution in [2.24, 2.45) is 0 Å². The predicted molar refractivity (Wildman–Crippen MR) is 63.7 cm³/mol. The first kappa shape index (κ1) is 12.0. The van der Waals surface area contributed by atoms with Crippen LogP contribution in [0, 0.1) is 6.92 Å². The molecule has 1 aromatic carbocycles. The summed E-state index contributed by atoms with van der Waals surface area (Å²) in [5.74, 6) is -0.769. The van der Waals surface area contributed by atoms with E-state index in [1.807, 2.05) is 0 Å². The Labute approximate surface area is 107 Å². The highest BCUT2D eigenvalue weighted by molar-refractivity contribution is 6.36. The van der Waals surface area contributed by atoms with Crippen LogP contribution in [0.15, 0.2) is 22.7 Å². The normalized spacial score (nSPS) is 10.5. The minimum Gasteiger partial charge on any atom is -0.476 e. The number of aromatic nitrogens is 1. The Morgan fingerprint density at radius 3 is 2.71 bits per heavy atom. The fourth-order valence-electron chi connectivity index (χ4n) is 1.53. The van der Waals surface area contributed by atoms with E-state index in [9.17, 15) is 4.79 Å². The van der Waals surface area contributed by atoms with Crippen LogP contribution in [0.2, 0.25) is 10.0 Å². The molecule has 1 N–H and O–H groups in total. The van der Waals surface area contributed by atoms with Crippen molar-refractivity contribution in [3.63, 3.8) is 0 Å². The quantitative estimate of drug-likeness (QED) is 0.906. The summed E-state index contributed by atoms with van der Waals surface area (Å²) in [5, 5.41) is 13.3. The maximum atomic E-state index is 11.0. The smallest absolute Gasteiger partial charge is 0.358 e. The van der Waals surface area contributed by atoms with E-state index in [0.717, 1.165) is 0 Å². The van der Waals surface area contributed by atoms with Gasteiger partial charge in [0.2, 0.25) is 0 Å². The minimum atomic E-state index is -1.16. The average Bonchev–Trinajstić information content (AvgIpc) is 2.60. The zero-order chi connectivity index (χ0) is 12.6. The Morgan fingerprint density at radius 1 is 1.41 bits per heavy atom. The number of nitrogens with zero attached hydrogens (tertiary/aromatic N) is 1. The lowest BCUT2D eigenvalue weighted by molar-refractivity contribution is 0.0686. The van der Waals surface area contributed by atoms with Crippen LogP contribution in [0.3, 0.4) is 0 Å². The van der Waals surface area contributed by atoms with Crippen LogP contribution in [0.25, 0.3) is 11.1 Å². The Bertz CT molecular complexity index is 592. The van der Waals surface area contributed by atoms with Crippen LogP contribution in [-0.2, 0) is 0 Å². The molecule has 0 radical (unpaired) electrons. The van der Waals surface area contributed by atoms with Gasteiger partial charge in [0.25, 0.3) is 0 Å². The molecule has 0 bridgehead atoms. The Balaban J connectivity index is 2.67. The van der Waals surface area contributed by atoms with Crippen molar-refractivity contribution >= 4 is 29.2 Å². The Kier molecular flexibility index (Phi) is 3.09. The van der Waals surface area contributed by atoms with Gasteiger partial charge < -0.3 is 9.63 Å². The molecule has 0 amide bonds. The maximum absolute atomic E-state index is 11.0. The first-order chi connectivity index (χ1) is 8.00. The summed E-state index contributed by atoms with van der Waals surface area (Å²) in [6, 6.07) is 4.80. The van der Waals surface area contributed by atoms with Crippen molar-refractivity contribution in [2.75, 3.05) is 0 Å². The molecule has 1 aromatic heterocycles. The molecule has 2 rings (SSSR count). The van der Waals surface area contributed by atoms with E-state index in [2.05, 4.69) is 5.16 Å². The van der Waals surface area contributed by atoms with Crippen molar-refractivity contribution in [1.82, 2.24) is 5.16 Å². The molecule has 0 atom stereocenters. The molecule has 0 aliphatic carbocycles. The maximum Gasteiger partial charge on any atom is 0.358 e. The van der Waals surface area contributed by atoms with Gasteiger partial charge in [-0.05, 0) is 19.1 Å². The number of hydrogen-bond donors (Lipinski definition) is 1. The number of aromatic carboxylic acids is 1. The third-order valence-corrected chi connectivity index (χ3v) is 2.81. The van der Waals surface area contributed by atoms with Crippen molar-refractivity contribution in [3.8, 4) is 11.1 Å². The van der Waals surface area contributed by atoms with Gasteiger partial charge in [-0.2, -0.15) is 0 Å². The second-order valence-corrected chi connectivity index (χ2v) is 4.24. The summed E-state index contributed by atoms with van der Waals surface area (Å²) < 4.78 is 4.87. The number of carboxylic acid groups (broad SMARTS) is 1. The number of benzene rings is 1. The second-order valence-electron chi connectivity index (χ2n) is 3.39. The molecule has 6 heteroatoms. The van der Waals surface area contributed by atoms with Gasteiger partial charge in [0.15, 0.2) is 5.69 Å². The number of carbonyl (C=O) groups is 1. The summed E-state index contributed by atoms with van der Waals surface area (Å²) in [7, 11) is 0. The third-order valence-electron chi connectivity index (χ3n) is 2.27. The van der Waals surface area contributed by atoms with Gasteiger partial charge in [-0.15, -0.1) is 0 Å². The van der Waals surface area contributed by atoms with Gasteiger partial charge >= 0.3 is 5.97 Å². The fourth-order valence-corrected chi connectivity index (χ4v) is 2.03. The fraction of sp³-hybridized carbons (Fsp3) is 0.0909. The highest BCUT2D eigenvalue weighted by Gasteiger charge is 2.22. The summed E-state index contributed by atoms with van der Waals surface area (Å²) in [6.45, 7) is 1.62. The van der Waals surface area contributed by atoms with Crippen LogP contribution in [0.4, 0.5) is 0 Å². The first-order valence-electron chi connectivity index (χ1n) is 4.65. The molecule has 0 aliphatic heterocycles. The molecule has 0 fully saturated rings. The van der Waals surface area contributed by atoms with E-state index in [1.165, 1.54) is 6.07 Å². The standard InChI is InChI=1S/C11H7Cl2NO3/c1-5-9(10(11(15)16)14-17-5)7-3-2-6(12)4-8(7)13/h2-4H,1H3,(H,15,16). The van der Waals surface area contributed by atoms with Gasteiger partial charge in [0.1, 0.15) is 5.76 Å². The topological polar surface area (TPSA) is 63.3 Å². The molecule has 1 heterocycles. The number of rotatable bonds is 2. The zero-order valence-corrected chi connectivity index (χ0v) is 10.2. The van der Waals surface area contributed by atoms with Gasteiger partial charge in [-0.3, -0.25) is 0 Å². The summed E-state index contributed by atoms with van der Waals surface area (Å²) in [5.41, 5.74) is 0.748. The summed E-state index contributed by atoms with van der Waals surface area (Å²) in [6.07, 6.45) is 0. The molecule has 0 saturated heterocycles. The summed E-state index contributed by atoms with van der Waals surface area (Å²) >= 11 is 11.8. The minimum absolute atomic E-state index is 0.160. The third kappa shape index (κ3) is 2.14. The van der Waals surface area contributed by atoms with Gasteiger partial charge in [0, 0.05) is 10.6 Å². The number of carboxylic acids is 1. The van der Waals surface area contributed by atoms with E-state index in [0.29, 0.717) is 26.9 Å². The largest absolute Gasteiger partial charge is 0.476 e. The molecule has 0 unspecified atom stereocenters. The Hall–Kier alpha value is -1.52. The second kappa shape index (κ2) is 4.39. The van der Waals surface area contributed by atoms with E-state index < -0.39 is 5.97 Å². The molecule has 17 heavy (non-hydrogen) atoms. The molecular formula is C11H7Cl2NO3. The lowest BCUT2D eigenvalue weighted by Gasteiger charge is -2.03. The molecule has 2 aromatic rings. The highest BCUT2D eigenvalue weighted by Crippen LogP contribution is 2.34. The van der Waals surface area contributed by atoms with Crippen LogP contribution >= 0.6 is 23.2 Å². The van der Waals surface area contributed by atoms with Gasteiger partial charge in [0.05, 0.1) is 10.6 Å². The molecule has 4 nitrogen and oxygen atoms in total. The zero-order valence-electron chi connectivity index (χ0n) is 8.70. The van der Waals surface area contributed by atoms with Gasteiger partial charge in [-0.1, -0.05) is 34.4 Å². The van der Waals surface area contributed by atoms with E-state index in [1.54, 1.807) is 19.1 Å². The molecule has 88 valence electrons. The van der Waals surface area contributed by atoms with Crippen molar-refractivity contribution < 1.29 is 14.4 Å². The first-order valence-corrected chi connectivity index (χ1v) is 5.41. The van der Waals surface area contributed by atoms with E-state index >= 15 is 0 Å². The van der Waals surface area contributed by atoms with Crippen molar-refractivity contribution in [2.45, 2.75) is 6.92 Å². The van der Waals surface area contributed by atoms with Crippen LogP contribution in [-0.4, -0.2) is 16.2 Å². The highest BCUT2D eigenvalue weighted by atomic mass is 35.5. The van der Waals surface area contributed by atoms with Crippen molar-refractivity contribution in [1.29, 1.82) is 0 Å². The van der Waals surface area contributed by atoms with Crippen LogP contribution in [0.5, 0.6) is 0 Å². The van der Waals surface area contributed by atoms with Crippen LogP contribution < -0.4 is 0 Å². The molecular weight excluding hydrogens is 265 g/mol. The van der Waals surface area contributed by atoms with Crippen LogP contribution in [0.1, 0.15) is 16.2 Å². The Morgan fingerprint density at radius 2 is 2.12 bits per heavy atom. The lowest BCUT2D eigenvalue weighted by atomic mass is 10.0. The van der Waals surface area contributed by atoms with E-state index in [4.69, 9.17) is 32.8 Å². The predicted octanol–water partition coefficient (Wildman–Crippen LogP) is 3.66. The summed E-state index contributed by atoms with van der Waals surface area (Å²) in [4.78, 5) is 11.0. The SMILES string of the molecule is Cc1onc(C(=O)O)c1-c1ccc(Cl)cc1Cl. The van der Waals surface area contributed by atoms with E-state index in [-0.39, 0.29) is 5.69 Å². The lowest BCUT2D eigenvalue weighted by Crippen LogP contribution is -1.99. The van der Waals surface area contributed by atoms with Gasteiger partial charge in [-0.25, -0.2) is 4.79 Å². The number of halogens is 2. The van der Waals surface area contributed by atoms with Crippen molar-refractivity contribution in [3.05, 3.63) is 39.7 Å². The monoisotopic (exact) mass is 271 g/mol.